The summed E-state index contributed by atoms with van der Waals surface area (Å²) in [7, 11) is 1.61. The van der Waals surface area contributed by atoms with Crippen molar-refractivity contribution >= 4 is 23.4 Å². The normalized spacial score (nSPS) is 10.6. The summed E-state index contributed by atoms with van der Waals surface area (Å²) in [6, 6.07) is 13.0. The molecule has 3 N–H and O–H groups in total. The zero-order valence-corrected chi connectivity index (χ0v) is 12.1. The Bertz CT molecular complexity index is 678. The molecule has 0 saturated heterocycles. The van der Waals surface area contributed by atoms with E-state index in [-0.39, 0.29) is 5.91 Å². The molecule has 0 aliphatic rings. The molecule has 2 aromatic rings. The minimum Gasteiger partial charge on any atom is -0.497 e. The van der Waals surface area contributed by atoms with Crippen LogP contribution in [0.25, 0.3) is 6.08 Å². The number of nitrogens with one attached hydrogen (secondary N) is 1. The number of nitrogens with two attached hydrogens (primary N) is 1. The summed E-state index contributed by atoms with van der Waals surface area (Å²) in [5.41, 5.74) is 8.97. The van der Waals surface area contributed by atoms with E-state index in [0.29, 0.717) is 11.4 Å². The van der Waals surface area contributed by atoms with Gasteiger partial charge in [-0.2, -0.15) is 0 Å². The highest BCUT2D eigenvalue weighted by Gasteiger charge is 2.02. The molecule has 0 aliphatic heterocycles. The molecule has 4 heteroatoms. The van der Waals surface area contributed by atoms with Gasteiger partial charge in [0.05, 0.1) is 18.5 Å². The quantitative estimate of drug-likeness (QED) is 0.668. The van der Waals surface area contributed by atoms with E-state index < -0.39 is 0 Å². The zero-order valence-electron chi connectivity index (χ0n) is 12.1. The van der Waals surface area contributed by atoms with Crippen LogP contribution in [0.4, 0.5) is 11.4 Å². The third-order valence-corrected chi connectivity index (χ3v) is 2.99. The first-order valence-electron chi connectivity index (χ1n) is 6.58. The Morgan fingerprint density at radius 1 is 1.24 bits per heavy atom. The molecule has 4 nitrogen and oxygen atoms in total. The van der Waals surface area contributed by atoms with Crippen molar-refractivity contribution in [2.24, 2.45) is 0 Å². The molecule has 21 heavy (non-hydrogen) atoms. The summed E-state index contributed by atoms with van der Waals surface area (Å²) >= 11 is 0. The number of methoxy groups -OCH3 is 1. The van der Waals surface area contributed by atoms with Gasteiger partial charge in [0.2, 0.25) is 5.91 Å². The van der Waals surface area contributed by atoms with Crippen LogP contribution in [0.1, 0.15) is 11.1 Å². The standard InChI is InChI=1S/C17H18N2O2/c1-12-6-8-16(15(18)10-12)19-17(20)9-7-13-4-3-5-14(11-13)21-2/h3-11H,18H2,1-2H3,(H,19,20)/b9-7+. The predicted molar refractivity (Wildman–Crippen MR) is 86.2 cm³/mol. The molecule has 2 rings (SSSR count). The summed E-state index contributed by atoms with van der Waals surface area (Å²) in [5, 5.41) is 2.75. The molecule has 0 heterocycles. The maximum Gasteiger partial charge on any atom is 0.248 e. The fourth-order valence-electron chi connectivity index (χ4n) is 1.89. The molecule has 0 saturated carbocycles. The van der Waals surface area contributed by atoms with Crippen molar-refractivity contribution in [3.63, 3.8) is 0 Å². The molecular weight excluding hydrogens is 264 g/mol. The highest BCUT2D eigenvalue weighted by atomic mass is 16.5. The van der Waals surface area contributed by atoms with Crippen LogP contribution in [0.5, 0.6) is 5.75 Å². The predicted octanol–water partition coefficient (Wildman–Crippen LogP) is 3.24. The largest absolute Gasteiger partial charge is 0.497 e. The number of carbonyl (C=O) groups is 1. The molecule has 108 valence electrons. The summed E-state index contributed by atoms with van der Waals surface area (Å²) in [4.78, 5) is 11.9. The van der Waals surface area contributed by atoms with Gasteiger partial charge in [-0.1, -0.05) is 18.2 Å². The van der Waals surface area contributed by atoms with E-state index >= 15 is 0 Å². The first-order chi connectivity index (χ1) is 10.1. The summed E-state index contributed by atoms with van der Waals surface area (Å²) in [6.45, 7) is 1.95. The van der Waals surface area contributed by atoms with Crippen molar-refractivity contribution in [3.8, 4) is 5.75 Å². The van der Waals surface area contributed by atoms with E-state index in [0.717, 1.165) is 16.9 Å². The van der Waals surface area contributed by atoms with Crippen LogP contribution in [0.15, 0.2) is 48.5 Å². The topological polar surface area (TPSA) is 64.3 Å². The lowest BCUT2D eigenvalue weighted by molar-refractivity contribution is -0.111. The molecular formula is C17H18N2O2. The second-order valence-electron chi connectivity index (χ2n) is 4.69. The van der Waals surface area contributed by atoms with Crippen molar-refractivity contribution in [2.45, 2.75) is 6.92 Å². The smallest absolute Gasteiger partial charge is 0.248 e. The van der Waals surface area contributed by atoms with Crippen LogP contribution in [-0.2, 0) is 4.79 Å². The number of carbonyl (C=O) groups excluding carboxylic acids is 1. The third kappa shape index (κ3) is 4.11. The number of hydrogen-bond acceptors (Lipinski definition) is 3. The van der Waals surface area contributed by atoms with Crippen molar-refractivity contribution in [1.29, 1.82) is 0 Å². The Morgan fingerprint density at radius 2 is 2.05 bits per heavy atom. The Hall–Kier alpha value is -2.75. The highest BCUT2D eigenvalue weighted by molar-refractivity contribution is 6.03. The van der Waals surface area contributed by atoms with E-state index in [9.17, 15) is 4.79 Å². The third-order valence-electron chi connectivity index (χ3n) is 2.99. The second kappa shape index (κ2) is 6.61. The fourth-order valence-corrected chi connectivity index (χ4v) is 1.89. The van der Waals surface area contributed by atoms with Gasteiger partial charge in [0.25, 0.3) is 0 Å². The number of benzene rings is 2. The first kappa shape index (κ1) is 14.7. The molecule has 0 atom stereocenters. The minimum absolute atomic E-state index is 0.228. The molecule has 1 amide bonds. The number of nitrogen functional groups attached to an aromatic ring is 1. The van der Waals surface area contributed by atoms with Crippen molar-refractivity contribution in [2.75, 3.05) is 18.2 Å². The summed E-state index contributed by atoms with van der Waals surface area (Å²) in [6.07, 6.45) is 3.19. The maximum atomic E-state index is 11.9. The number of hydrogen-bond donors (Lipinski definition) is 2. The van der Waals surface area contributed by atoms with Crippen LogP contribution >= 0.6 is 0 Å². The van der Waals surface area contributed by atoms with Crippen molar-refractivity contribution < 1.29 is 9.53 Å². The van der Waals surface area contributed by atoms with Gasteiger partial charge in [-0.05, 0) is 48.4 Å². The number of amides is 1. The van der Waals surface area contributed by atoms with Crippen molar-refractivity contribution in [3.05, 3.63) is 59.7 Å². The second-order valence-corrected chi connectivity index (χ2v) is 4.69. The van der Waals surface area contributed by atoms with Gasteiger partial charge in [-0.15, -0.1) is 0 Å². The molecule has 0 aliphatic carbocycles. The monoisotopic (exact) mass is 282 g/mol. The van der Waals surface area contributed by atoms with Crippen LogP contribution in [0, 0.1) is 6.92 Å². The van der Waals surface area contributed by atoms with Crippen LogP contribution in [0.3, 0.4) is 0 Å². The van der Waals surface area contributed by atoms with Crippen LogP contribution < -0.4 is 15.8 Å². The van der Waals surface area contributed by atoms with Gasteiger partial charge in [-0.25, -0.2) is 0 Å². The first-order valence-corrected chi connectivity index (χ1v) is 6.58. The van der Waals surface area contributed by atoms with Gasteiger partial charge < -0.3 is 15.8 Å². The van der Waals surface area contributed by atoms with E-state index in [2.05, 4.69) is 5.32 Å². The molecule has 0 fully saturated rings. The molecule has 2 aromatic carbocycles. The highest BCUT2D eigenvalue weighted by Crippen LogP contribution is 2.19. The average molecular weight is 282 g/mol. The van der Waals surface area contributed by atoms with E-state index in [1.165, 1.54) is 6.08 Å². The maximum absolute atomic E-state index is 11.9. The molecule has 0 bridgehead atoms. The Labute approximate surface area is 124 Å². The molecule has 0 spiro atoms. The van der Waals surface area contributed by atoms with Gasteiger partial charge in [0.15, 0.2) is 0 Å². The van der Waals surface area contributed by atoms with Crippen LogP contribution in [0.2, 0.25) is 0 Å². The minimum atomic E-state index is -0.228. The van der Waals surface area contributed by atoms with Gasteiger partial charge in [0, 0.05) is 6.08 Å². The number of anilines is 2. The van der Waals surface area contributed by atoms with Gasteiger partial charge in [0.1, 0.15) is 5.75 Å². The lowest BCUT2D eigenvalue weighted by Gasteiger charge is -2.06. The SMILES string of the molecule is COc1cccc(/C=C/C(=O)Nc2ccc(C)cc2N)c1. The van der Waals surface area contributed by atoms with E-state index in [1.54, 1.807) is 19.3 Å². The molecule has 0 aromatic heterocycles. The molecule has 0 radical (unpaired) electrons. The Balaban J connectivity index is 2.05. The number of rotatable bonds is 4. The number of aryl methyl sites for hydroxylation is 1. The van der Waals surface area contributed by atoms with Crippen LogP contribution in [-0.4, -0.2) is 13.0 Å². The van der Waals surface area contributed by atoms with E-state index in [1.807, 2.05) is 43.3 Å². The summed E-state index contributed by atoms with van der Waals surface area (Å²) < 4.78 is 5.13. The van der Waals surface area contributed by atoms with Gasteiger partial charge >= 0.3 is 0 Å². The molecule has 0 unspecified atom stereocenters. The average Bonchev–Trinajstić information content (AvgIpc) is 2.48. The van der Waals surface area contributed by atoms with Crippen molar-refractivity contribution in [1.82, 2.24) is 0 Å². The van der Waals surface area contributed by atoms with E-state index in [4.69, 9.17) is 10.5 Å². The Kier molecular flexibility index (Phi) is 4.61. The number of ether oxygens (including phenoxy) is 1. The Morgan fingerprint density at radius 3 is 2.76 bits per heavy atom. The lowest BCUT2D eigenvalue weighted by Crippen LogP contribution is -2.09. The summed E-state index contributed by atoms with van der Waals surface area (Å²) in [5.74, 6) is 0.522. The zero-order chi connectivity index (χ0) is 15.2. The fraction of sp³-hybridized carbons (Fsp3) is 0.118. The lowest BCUT2D eigenvalue weighted by atomic mass is 10.2. The van der Waals surface area contributed by atoms with Gasteiger partial charge in [-0.3, -0.25) is 4.79 Å².